The second kappa shape index (κ2) is 4.62. The van der Waals surface area contributed by atoms with Crippen LogP contribution in [0.15, 0.2) is 11.2 Å². The quantitative estimate of drug-likeness (QED) is 0.662. The second-order valence-corrected chi connectivity index (χ2v) is 4.91. The van der Waals surface area contributed by atoms with E-state index in [0.717, 1.165) is 6.20 Å². The summed E-state index contributed by atoms with van der Waals surface area (Å²) in [6.45, 7) is 3.07. The van der Waals surface area contributed by atoms with Crippen LogP contribution in [0, 0.1) is 0 Å². The van der Waals surface area contributed by atoms with E-state index in [1.165, 1.54) is 6.92 Å². The lowest BCUT2D eigenvalue weighted by molar-refractivity contribution is -0.138. The number of hydrogen-bond donors (Lipinski definition) is 3. The highest BCUT2D eigenvalue weighted by Gasteiger charge is 2.22. The van der Waals surface area contributed by atoms with Gasteiger partial charge in [-0.25, -0.2) is 13.4 Å². The van der Waals surface area contributed by atoms with Gasteiger partial charge < -0.3 is 10.1 Å². The number of carbonyl (C=O) groups is 1. The number of H-pyrrole nitrogens is 1. The van der Waals surface area contributed by atoms with E-state index in [1.54, 1.807) is 0 Å². The first-order chi connectivity index (χ1) is 7.36. The molecule has 8 heteroatoms. The summed E-state index contributed by atoms with van der Waals surface area (Å²) < 4.78 is 25.3. The fourth-order valence-corrected chi connectivity index (χ4v) is 2.14. The van der Waals surface area contributed by atoms with Crippen molar-refractivity contribution in [1.82, 2.24) is 14.7 Å². The maximum atomic E-state index is 11.6. The van der Waals surface area contributed by atoms with Gasteiger partial charge in [-0.2, -0.15) is 4.72 Å². The summed E-state index contributed by atoms with van der Waals surface area (Å²) in [5, 5.41) is 8.46. The molecule has 0 aromatic carbocycles. The summed E-state index contributed by atoms with van der Waals surface area (Å²) in [7, 11) is -3.84. The van der Waals surface area contributed by atoms with Crippen molar-refractivity contribution < 1.29 is 18.3 Å². The summed E-state index contributed by atoms with van der Waals surface area (Å²) in [6.07, 6.45) is 1.74. The second-order valence-electron chi connectivity index (χ2n) is 3.23. The Bertz CT molecular complexity index is 479. The number of aromatic nitrogens is 2. The molecule has 0 amide bonds. The van der Waals surface area contributed by atoms with Crippen LogP contribution in [-0.4, -0.2) is 35.5 Å². The van der Waals surface area contributed by atoms with E-state index in [9.17, 15) is 13.2 Å². The van der Waals surface area contributed by atoms with Crippen molar-refractivity contribution in [1.29, 1.82) is 0 Å². The number of hydrogen-bond acceptors (Lipinski definition) is 4. The van der Waals surface area contributed by atoms with Gasteiger partial charge in [0, 0.05) is 6.42 Å². The first-order valence-corrected chi connectivity index (χ1v) is 6.14. The summed E-state index contributed by atoms with van der Waals surface area (Å²) in [6, 6.07) is -1.18. The van der Waals surface area contributed by atoms with Crippen molar-refractivity contribution in [2.75, 3.05) is 0 Å². The van der Waals surface area contributed by atoms with Gasteiger partial charge in [-0.05, 0) is 6.92 Å². The van der Waals surface area contributed by atoms with E-state index in [0.29, 0.717) is 12.2 Å². The van der Waals surface area contributed by atoms with Crippen LogP contribution < -0.4 is 4.72 Å². The summed E-state index contributed by atoms with van der Waals surface area (Å²) in [5.41, 5.74) is 0. The Morgan fingerprint density at radius 3 is 2.75 bits per heavy atom. The predicted octanol–water partition coefficient (Wildman–Crippen LogP) is -0.277. The molecule has 0 unspecified atom stereocenters. The number of carboxylic acids is 1. The molecule has 0 saturated carbocycles. The van der Waals surface area contributed by atoms with E-state index >= 15 is 0 Å². The fourth-order valence-electron chi connectivity index (χ4n) is 1.01. The average molecular weight is 247 g/mol. The molecule has 1 aromatic rings. The molecular weight excluding hydrogens is 234 g/mol. The van der Waals surface area contributed by atoms with Gasteiger partial charge in [0.2, 0.25) is 0 Å². The Hall–Kier alpha value is -1.41. The lowest BCUT2D eigenvalue weighted by atomic mass is 10.4. The predicted molar refractivity (Wildman–Crippen MR) is 55.4 cm³/mol. The third-order valence-electron chi connectivity index (χ3n) is 1.93. The third-order valence-corrected chi connectivity index (χ3v) is 3.38. The van der Waals surface area contributed by atoms with Gasteiger partial charge in [0.05, 0.1) is 6.20 Å². The lowest BCUT2D eigenvalue weighted by Gasteiger charge is -2.07. The van der Waals surface area contributed by atoms with Crippen molar-refractivity contribution in [2.24, 2.45) is 0 Å². The number of rotatable bonds is 5. The molecule has 7 nitrogen and oxygen atoms in total. The topological polar surface area (TPSA) is 112 Å². The molecule has 3 N–H and O–H groups in total. The SMILES string of the molecule is CCc1ncc(S(=O)(=O)N[C@@H](C)C(=O)O)[nH]1. The molecule has 1 aromatic heterocycles. The maximum absolute atomic E-state index is 11.6. The highest BCUT2D eigenvalue weighted by molar-refractivity contribution is 7.89. The molecule has 1 atom stereocenters. The Morgan fingerprint density at radius 2 is 2.31 bits per heavy atom. The Kier molecular flexibility index (Phi) is 3.66. The first kappa shape index (κ1) is 12.7. The molecule has 90 valence electrons. The first-order valence-electron chi connectivity index (χ1n) is 4.66. The van der Waals surface area contributed by atoms with E-state index < -0.39 is 22.0 Å². The van der Waals surface area contributed by atoms with Gasteiger partial charge in [0.25, 0.3) is 10.0 Å². The van der Waals surface area contributed by atoms with E-state index in [2.05, 4.69) is 9.97 Å². The van der Waals surface area contributed by atoms with Crippen LogP contribution in [0.25, 0.3) is 0 Å². The molecule has 1 heterocycles. The van der Waals surface area contributed by atoms with Crippen LogP contribution in [0.4, 0.5) is 0 Å². The molecule has 0 fully saturated rings. The normalized spacial score (nSPS) is 13.6. The molecule has 0 aliphatic carbocycles. The standard InChI is InChI=1S/C8H13N3O4S/c1-3-6-9-4-7(10-6)16(14,15)11-5(2)8(12)13/h4-5,11H,3H2,1-2H3,(H,9,10)(H,12,13)/t5-/m0/s1. The van der Waals surface area contributed by atoms with Gasteiger partial charge in [0.1, 0.15) is 11.9 Å². The number of nitrogens with zero attached hydrogens (tertiary/aromatic N) is 1. The largest absolute Gasteiger partial charge is 0.480 e. The maximum Gasteiger partial charge on any atom is 0.321 e. The molecule has 16 heavy (non-hydrogen) atoms. The van der Waals surface area contributed by atoms with Gasteiger partial charge in [-0.15, -0.1) is 0 Å². The monoisotopic (exact) mass is 247 g/mol. The van der Waals surface area contributed by atoms with E-state index in [4.69, 9.17) is 5.11 Å². The molecule has 0 aliphatic heterocycles. The smallest absolute Gasteiger partial charge is 0.321 e. The molecule has 1 rings (SSSR count). The van der Waals surface area contributed by atoms with Crippen LogP contribution in [0.2, 0.25) is 0 Å². The minimum absolute atomic E-state index is 0.127. The fraction of sp³-hybridized carbons (Fsp3) is 0.500. The molecule has 0 aliphatic rings. The Labute approximate surface area is 93.0 Å². The number of aliphatic carboxylic acids is 1. The van der Waals surface area contributed by atoms with Crippen molar-refractivity contribution in [3.8, 4) is 0 Å². The van der Waals surface area contributed by atoms with Crippen LogP contribution in [0.3, 0.4) is 0 Å². The Balaban J connectivity index is 2.90. The van der Waals surface area contributed by atoms with Crippen molar-refractivity contribution in [2.45, 2.75) is 31.3 Å². The number of aromatic amines is 1. The van der Waals surface area contributed by atoms with E-state index in [-0.39, 0.29) is 5.03 Å². The summed E-state index contributed by atoms with van der Waals surface area (Å²) in [4.78, 5) is 16.9. The van der Waals surface area contributed by atoms with Crippen LogP contribution in [-0.2, 0) is 21.2 Å². The van der Waals surface area contributed by atoms with Crippen molar-refractivity contribution in [3.63, 3.8) is 0 Å². The molecule has 0 saturated heterocycles. The van der Waals surface area contributed by atoms with Crippen LogP contribution >= 0.6 is 0 Å². The average Bonchev–Trinajstić information content (AvgIpc) is 2.65. The number of nitrogens with one attached hydrogen (secondary N) is 2. The van der Waals surface area contributed by atoms with Gasteiger partial charge in [0.15, 0.2) is 5.03 Å². The third kappa shape index (κ3) is 2.80. The molecule has 0 spiro atoms. The van der Waals surface area contributed by atoms with Gasteiger partial charge in [-0.3, -0.25) is 4.79 Å². The van der Waals surface area contributed by atoms with Crippen molar-refractivity contribution >= 4 is 16.0 Å². The van der Waals surface area contributed by atoms with Crippen LogP contribution in [0.5, 0.6) is 0 Å². The van der Waals surface area contributed by atoms with Gasteiger partial charge in [-0.1, -0.05) is 6.92 Å². The number of aryl methyl sites for hydroxylation is 1. The molecular formula is C8H13N3O4S. The minimum Gasteiger partial charge on any atom is -0.480 e. The minimum atomic E-state index is -3.84. The lowest BCUT2D eigenvalue weighted by Crippen LogP contribution is -2.38. The number of sulfonamides is 1. The highest BCUT2D eigenvalue weighted by atomic mass is 32.2. The zero-order valence-corrected chi connectivity index (χ0v) is 9.71. The van der Waals surface area contributed by atoms with Crippen LogP contribution in [0.1, 0.15) is 19.7 Å². The molecule has 0 bridgehead atoms. The summed E-state index contributed by atoms with van der Waals surface area (Å²) >= 11 is 0. The number of carboxylic acid groups (broad SMARTS) is 1. The van der Waals surface area contributed by atoms with Crippen molar-refractivity contribution in [3.05, 3.63) is 12.0 Å². The zero-order valence-electron chi connectivity index (χ0n) is 8.89. The van der Waals surface area contributed by atoms with Gasteiger partial charge >= 0.3 is 5.97 Å². The number of imidazole rings is 1. The van der Waals surface area contributed by atoms with E-state index in [1.807, 2.05) is 11.6 Å². The zero-order chi connectivity index (χ0) is 12.3. The molecule has 0 radical (unpaired) electrons. The Morgan fingerprint density at radius 1 is 1.69 bits per heavy atom. The highest BCUT2D eigenvalue weighted by Crippen LogP contribution is 2.06. The summed E-state index contributed by atoms with van der Waals surface area (Å²) in [5.74, 6) is -0.706.